The Hall–Kier alpha value is -0.710. The average molecular weight is 279 g/mol. The molecule has 2 rings (SSSR count). The summed E-state index contributed by atoms with van der Waals surface area (Å²) in [6.07, 6.45) is 2.05. The van der Waals surface area contributed by atoms with Crippen LogP contribution in [-0.2, 0) is 4.79 Å². The van der Waals surface area contributed by atoms with Gasteiger partial charge in [-0.15, -0.1) is 0 Å². The molecule has 2 heterocycles. The molecule has 0 spiro atoms. The van der Waals surface area contributed by atoms with Crippen LogP contribution >= 0.6 is 0 Å². The molecule has 0 radical (unpaired) electrons. The molecular formula is C16H29N3O. The van der Waals surface area contributed by atoms with E-state index in [9.17, 15) is 4.79 Å². The molecule has 0 aromatic carbocycles. The molecular weight excluding hydrogens is 250 g/mol. The number of hydrogen-bond donors (Lipinski definition) is 0. The number of ketones is 1. The highest BCUT2D eigenvalue weighted by Crippen LogP contribution is 2.22. The lowest BCUT2D eigenvalue weighted by atomic mass is 10.0. The molecule has 1 atom stereocenters. The molecule has 114 valence electrons. The Morgan fingerprint density at radius 2 is 1.90 bits per heavy atom. The maximum absolute atomic E-state index is 11.4. The predicted molar refractivity (Wildman–Crippen MR) is 82.9 cm³/mol. The van der Waals surface area contributed by atoms with E-state index in [-0.39, 0.29) is 11.3 Å². The molecule has 2 saturated heterocycles. The maximum Gasteiger partial charge on any atom is 0.156 e. The second kappa shape index (κ2) is 6.37. The zero-order chi connectivity index (χ0) is 14.8. The second-order valence-corrected chi connectivity index (χ2v) is 7.03. The van der Waals surface area contributed by atoms with Crippen molar-refractivity contribution in [1.82, 2.24) is 14.7 Å². The largest absolute Gasteiger partial charge is 0.300 e. The van der Waals surface area contributed by atoms with Gasteiger partial charge in [0.15, 0.2) is 5.78 Å². The van der Waals surface area contributed by atoms with Crippen LogP contribution in [0.2, 0.25) is 0 Å². The Balaban J connectivity index is 1.86. The highest BCUT2D eigenvalue weighted by atomic mass is 16.1. The summed E-state index contributed by atoms with van der Waals surface area (Å²) in [7, 11) is 0. The Morgan fingerprint density at radius 1 is 1.20 bits per heavy atom. The summed E-state index contributed by atoms with van der Waals surface area (Å²) in [5.74, 6) is 0.160. The van der Waals surface area contributed by atoms with Gasteiger partial charge in [-0.1, -0.05) is 6.58 Å². The van der Waals surface area contributed by atoms with Crippen LogP contribution in [0.15, 0.2) is 12.7 Å². The molecule has 0 aliphatic carbocycles. The number of carbonyl (C=O) groups excluding carboxylic acids is 1. The van der Waals surface area contributed by atoms with Gasteiger partial charge in [0.1, 0.15) is 0 Å². The van der Waals surface area contributed by atoms with Crippen LogP contribution in [0.1, 0.15) is 27.2 Å². The van der Waals surface area contributed by atoms with Crippen LogP contribution in [0.5, 0.6) is 0 Å². The highest BCUT2D eigenvalue weighted by molar-refractivity contribution is 5.89. The quantitative estimate of drug-likeness (QED) is 0.723. The Morgan fingerprint density at radius 3 is 2.55 bits per heavy atom. The predicted octanol–water partition coefficient (Wildman–Crippen LogP) is 1.23. The fraction of sp³-hybridized carbons (Fsp3) is 0.812. The molecule has 2 aliphatic rings. The lowest BCUT2D eigenvalue weighted by Gasteiger charge is -2.50. The van der Waals surface area contributed by atoms with Crippen LogP contribution in [-0.4, -0.2) is 77.9 Å². The molecule has 0 amide bonds. The normalized spacial score (nSPS) is 26.2. The summed E-state index contributed by atoms with van der Waals surface area (Å²) in [5.41, 5.74) is 0.257. The van der Waals surface area contributed by atoms with Crippen molar-refractivity contribution in [2.45, 2.75) is 38.8 Å². The van der Waals surface area contributed by atoms with E-state index >= 15 is 0 Å². The molecule has 2 fully saturated rings. The Bertz CT molecular complexity index is 361. The van der Waals surface area contributed by atoms with E-state index in [0.29, 0.717) is 12.5 Å². The van der Waals surface area contributed by atoms with Gasteiger partial charge in [-0.25, -0.2) is 0 Å². The zero-order valence-electron chi connectivity index (χ0n) is 13.3. The third kappa shape index (κ3) is 3.90. The van der Waals surface area contributed by atoms with Crippen molar-refractivity contribution in [3.05, 3.63) is 12.7 Å². The summed E-state index contributed by atoms with van der Waals surface area (Å²) in [5, 5.41) is 0. The molecule has 0 saturated carbocycles. The lowest BCUT2D eigenvalue weighted by molar-refractivity contribution is -0.115. The summed E-state index contributed by atoms with van der Waals surface area (Å²) in [6, 6.07) is 0.621. The number of carbonyl (C=O) groups is 1. The van der Waals surface area contributed by atoms with E-state index in [4.69, 9.17) is 0 Å². The SMILES string of the molecule is C=CC(=O)CCN1CCN2CCN(C(C)(C)C)CC2C1. The summed E-state index contributed by atoms with van der Waals surface area (Å²) < 4.78 is 0. The third-order valence-electron chi connectivity index (χ3n) is 4.63. The van der Waals surface area contributed by atoms with Gasteiger partial charge in [0.2, 0.25) is 0 Å². The molecule has 4 heteroatoms. The lowest BCUT2D eigenvalue weighted by Crippen LogP contribution is -2.64. The van der Waals surface area contributed by atoms with Gasteiger partial charge in [-0.3, -0.25) is 14.6 Å². The summed E-state index contributed by atoms with van der Waals surface area (Å²) in [6.45, 7) is 18.2. The smallest absolute Gasteiger partial charge is 0.156 e. The molecule has 0 N–H and O–H groups in total. The van der Waals surface area contributed by atoms with Gasteiger partial charge in [0, 0.05) is 63.8 Å². The van der Waals surface area contributed by atoms with E-state index in [2.05, 4.69) is 42.0 Å². The van der Waals surface area contributed by atoms with Crippen molar-refractivity contribution in [3.63, 3.8) is 0 Å². The van der Waals surface area contributed by atoms with Gasteiger partial charge >= 0.3 is 0 Å². The van der Waals surface area contributed by atoms with E-state index in [1.165, 1.54) is 19.2 Å². The highest BCUT2D eigenvalue weighted by Gasteiger charge is 2.35. The van der Waals surface area contributed by atoms with E-state index in [1.807, 2.05) is 0 Å². The number of piperazine rings is 2. The molecule has 0 aromatic heterocycles. The van der Waals surface area contributed by atoms with Crippen molar-refractivity contribution in [3.8, 4) is 0 Å². The minimum Gasteiger partial charge on any atom is -0.300 e. The van der Waals surface area contributed by atoms with Gasteiger partial charge < -0.3 is 4.90 Å². The minimum atomic E-state index is 0.160. The number of allylic oxidation sites excluding steroid dienone is 1. The minimum absolute atomic E-state index is 0.160. The van der Waals surface area contributed by atoms with E-state index in [0.717, 1.165) is 32.7 Å². The molecule has 4 nitrogen and oxygen atoms in total. The standard InChI is InChI=1S/C16H29N3O/c1-5-15(20)6-7-17-8-9-18-10-11-19(16(2,3)4)13-14(18)12-17/h5,14H,1,6-13H2,2-4H3. The van der Waals surface area contributed by atoms with Crippen molar-refractivity contribution >= 4 is 5.78 Å². The first-order valence-corrected chi connectivity index (χ1v) is 7.77. The Kier molecular flexibility index (Phi) is 4.99. The first-order chi connectivity index (χ1) is 9.40. The summed E-state index contributed by atoms with van der Waals surface area (Å²) in [4.78, 5) is 19.0. The van der Waals surface area contributed by atoms with Crippen LogP contribution in [0.3, 0.4) is 0 Å². The van der Waals surface area contributed by atoms with Crippen LogP contribution in [0.4, 0.5) is 0 Å². The first-order valence-electron chi connectivity index (χ1n) is 7.77. The average Bonchev–Trinajstić information content (AvgIpc) is 2.42. The maximum atomic E-state index is 11.4. The topological polar surface area (TPSA) is 26.8 Å². The van der Waals surface area contributed by atoms with Crippen LogP contribution in [0.25, 0.3) is 0 Å². The second-order valence-electron chi connectivity index (χ2n) is 7.03. The zero-order valence-corrected chi connectivity index (χ0v) is 13.3. The molecule has 1 unspecified atom stereocenters. The van der Waals surface area contributed by atoms with Crippen molar-refractivity contribution in [2.75, 3.05) is 45.8 Å². The van der Waals surface area contributed by atoms with Crippen molar-refractivity contribution in [1.29, 1.82) is 0 Å². The van der Waals surface area contributed by atoms with Gasteiger partial charge in [0.05, 0.1) is 0 Å². The van der Waals surface area contributed by atoms with Crippen LogP contribution in [0, 0.1) is 0 Å². The molecule has 2 aliphatic heterocycles. The van der Waals surface area contributed by atoms with Crippen LogP contribution < -0.4 is 0 Å². The number of rotatable bonds is 4. The fourth-order valence-electron chi connectivity index (χ4n) is 3.20. The first kappa shape index (κ1) is 15.7. The number of hydrogen-bond acceptors (Lipinski definition) is 4. The molecule has 20 heavy (non-hydrogen) atoms. The summed E-state index contributed by atoms with van der Waals surface area (Å²) >= 11 is 0. The number of fused-ring (bicyclic) bond motifs is 1. The monoisotopic (exact) mass is 279 g/mol. The fourth-order valence-corrected chi connectivity index (χ4v) is 3.20. The molecule has 0 bridgehead atoms. The number of nitrogens with zero attached hydrogens (tertiary/aromatic N) is 3. The Labute approximate surface area is 123 Å². The van der Waals surface area contributed by atoms with Crippen molar-refractivity contribution < 1.29 is 4.79 Å². The van der Waals surface area contributed by atoms with E-state index < -0.39 is 0 Å². The van der Waals surface area contributed by atoms with Gasteiger partial charge in [-0.2, -0.15) is 0 Å². The van der Waals surface area contributed by atoms with Gasteiger partial charge in [0.25, 0.3) is 0 Å². The van der Waals surface area contributed by atoms with Gasteiger partial charge in [-0.05, 0) is 26.8 Å². The molecule has 0 aromatic rings. The van der Waals surface area contributed by atoms with E-state index in [1.54, 1.807) is 0 Å². The third-order valence-corrected chi connectivity index (χ3v) is 4.63. The van der Waals surface area contributed by atoms with Crippen molar-refractivity contribution in [2.24, 2.45) is 0 Å².